The number of rotatable bonds is 6. The minimum Gasteiger partial charge on any atom is -0.351 e. The van der Waals surface area contributed by atoms with Gasteiger partial charge in [-0.15, -0.1) is 5.10 Å². The summed E-state index contributed by atoms with van der Waals surface area (Å²) in [5.41, 5.74) is 0. The van der Waals surface area contributed by atoms with Crippen molar-refractivity contribution in [2.75, 3.05) is 29.9 Å². The van der Waals surface area contributed by atoms with E-state index in [0.29, 0.717) is 16.9 Å². The van der Waals surface area contributed by atoms with Gasteiger partial charge in [0.15, 0.2) is 5.82 Å². The Morgan fingerprint density at radius 2 is 2.29 bits per heavy atom. The van der Waals surface area contributed by atoms with Crippen LogP contribution in [-0.4, -0.2) is 46.8 Å². The first kappa shape index (κ1) is 16.6. The lowest BCUT2D eigenvalue weighted by Gasteiger charge is -2.25. The number of anilines is 2. The van der Waals surface area contributed by atoms with Gasteiger partial charge in [-0.2, -0.15) is 5.10 Å². The summed E-state index contributed by atoms with van der Waals surface area (Å²) in [4.78, 5) is 18.2. The van der Waals surface area contributed by atoms with Crippen molar-refractivity contribution in [1.29, 1.82) is 0 Å². The van der Waals surface area contributed by atoms with E-state index >= 15 is 0 Å². The van der Waals surface area contributed by atoms with E-state index < -0.39 is 0 Å². The number of aromatic nitrogens is 3. The quantitative estimate of drug-likeness (QED) is 0.828. The highest BCUT2D eigenvalue weighted by Crippen LogP contribution is 2.22. The molecule has 126 valence electrons. The Bertz CT molecular complexity index is 666. The van der Waals surface area contributed by atoms with Crippen LogP contribution in [0, 0.1) is 0 Å². The third kappa shape index (κ3) is 4.39. The molecule has 8 heteroatoms. The van der Waals surface area contributed by atoms with Gasteiger partial charge in [-0.25, -0.2) is 4.98 Å². The van der Waals surface area contributed by atoms with Crippen molar-refractivity contribution in [2.24, 2.45) is 0 Å². The summed E-state index contributed by atoms with van der Waals surface area (Å²) in [5, 5.41) is 14.6. The van der Waals surface area contributed by atoms with E-state index in [1.54, 1.807) is 18.3 Å². The summed E-state index contributed by atoms with van der Waals surface area (Å²) in [5.74, 6) is 1.25. The van der Waals surface area contributed by atoms with Gasteiger partial charge in [0.2, 0.25) is 5.91 Å². The summed E-state index contributed by atoms with van der Waals surface area (Å²) in [6.45, 7) is 1.92. The number of carbonyl (C=O) groups excluding carboxylic acids is 1. The Morgan fingerprint density at radius 1 is 1.38 bits per heavy atom. The predicted molar refractivity (Wildman–Crippen MR) is 93.1 cm³/mol. The van der Waals surface area contributed by atoms with Crippen LogP contribution in [0.4, 0.5) is 11.6 Å². The molecule has 2 aromatic heterocycles. The van der Waals surface area contributed by atoms with Gasteiger partial charge in [-0.1, -0.05) is 11.6 Å². The monoisotopic (exact) mass is 346 g/mol. The lowest BCUT2D eigenvalue weighted by Crippen LogP contribution is -2.41. The number of halogens is 1. The van der Waals surface area contributed by atoms with Gasteiger partial charge in [0, 0.05) is 31.5 Å². The van der Waals surface area contributed by atoms with Gasteiger partial charge < -0.3 is 15.5 Å². The van der Waals surface area contributed by atoms with Crippen LogP contribution in [0.5, 0.6) is 0 Å². The predicted octanol–water partition coefficient (Wildman–Crippen LogP) is 1.72. The Balaban J connectivity index is 1.45. The number of nitrogens with one attached hydrogen (secondary N) is 2. The van der Waals surface area contributed by atoms with Crippen molar-refractivity contribution in [2.45, 2.75) is 18.9 Å². The third-order valence-corrected chi connectivity index (χ3v) is 4.11. The molecule has 1 saturated heterocycles. The normalized spacial score (nSPS) is 17.0. The molecule has 7 nitrogen and oxygen atoms in total. The molecule has 0 radical (unpaired) electrons. The second kappa shape index (κ2) is 8.03. The molecule has 2 aromatic rings. The number of amides is 1. The van der Waals surface area contributed by atoms with Crippen LogP contribution in [0.25, 0.3) is 0 Å². The van der Waals surface area contributed by atoms with E-state index in [-0.39, 0.29) is 12.5 Å². The molecule has 0 unspecified atom stereocenters. The highest BCUT2D eigenvalue weighted by atomic mass is 35.5. The molecule has 0 saturated carbocycles. The maximum Gasteiger partial charge on any atom is 0.239 e. The van der Waals surface area contributed by atoms with E-state index in [9.17, 15) is 4.79 Å². The zero-order valence-corrected chi connectivity index (χ0v) is 13.9. The topological polar surface area (TPSA) is 83.0 Å². The third-order valence-electron chi connectivity index (χ3n) is 3.89. The first-order valence-corrected chi connectivity index (χ1v) is 8.26. The largest absolute Gasteiger partial charge is 0.351 e. The Labute approximate surface area is 145 Å². The molecule has 0 aliphatic carbocycles. The molecule has 1 amide bonds. The molecular formula is C16H19ClN6O. The minimum absolute atomic E-state index is 0.131. The molecule has 24 heavy (non-hydrogen) atoms. The van der Waals surface area contributed by atoms with Crippen LogP contribution in [0.2, 0.25) is 5.02 Å². The average molecular weight is 347 g/mol. The first-order valence-electron chi connectivity index (χ1n) is 7.89. The Kier molecular flexibility index (Phi) is 5.55. The number of hydrogen-bond acceptors (Lipinski definition) is 6. The summed E-state index contributed by atoms with van der Waals surface area (Å²) in [6, 6.07) is 7.53. The van der Waals surface area contributed by atoms with E-state index in [1.807, 2.05) is 12.1 Å². The number of hydrogen-bond donors (Lipinski definition) is 2. The van der Waals surface area contributed by atoms with Crippen LogP contribution < -0.4 is 15.5 Å². The first-order chi connectivity index (χ1) is 11.7. The zero-order chi connectivity index (χ0) is 16.8. The molecule has 1 aliphatic rings. The van der Waals surface area contributed by atoms with Crippen molar-refractivity contribution < 1.29 is 4.79 Å². The number of pyridine rings is 1. The number of nitrogens with zero attached hydrogens (tertiary/aromatic N) is 4. The van der Waals surface area contributed by atoms with Crippen molar-refractivity contribution in [3.05, 3.63) is 41.7 Å². The Morgan fingerprint density at radius 3 is 3.04 bits per heavy atom. The molecular weight excluding hydrogens is 328 g/mol. The van der Waals surface area contributed by atoms with Crippen LogP contribution in [0.3, 0.4) is 0 Å². The average Bonchev–Trinajstić information content (AvgIpc) is 3.06. The fourth-order valence-electron chi connectivity index (χ4n) is 2.79. The van der Waals surface area contributed by atoms with E-state index in [0.717, 1.165) is 31.7 Å². The van der Waals surface area contributed by atoms with Crippen LogP contribution in [0.15, 0.2) is 36.7 Å². The van der Waals surface area contributed by atoms with Crippen molar-refractivity contribution in [3.63, 3.8) is 0 Å². The van der Waals surface area contributed by atoms with Gasteiger partial charge in [-0.3, -0.25) is 4.79 Å². The van der Waals surface area contributed by atoms with Crippen LogP contribution in [0.1, 0.15) is 12.8 Å². The maximum atomic E-state index is 11.9. The van der Waals surface area contributed by atoms with Crippen molar-refractivity contribution >= 4 is 29.1 Å². The second-order valence-electron chi connectivity index (χ2n) is 5.61. The lowest BCUT2D eigenvalue weighted by molar-refractivity contribution is -0.115. The molecule has 3 heterocycles. The summed E-state index contributed by atoms with van der Waals surface area (Å²) in [7, 11) is 0. The zero-order valence-electron chi connectivity index (χ0n) is 13.2. The van der Waals surface area contributed by atoms with Gasteiger partial charge in [0.1, 0.15) is 5.82 Å². The molecule has 1 fully saturated rings. The number of carbonyl (C=O) groups is 1. The van der Waals surface area contributed by atoms with Crippen LogP contribution >= 0.6 is 11.6 Å². The molecule has 2 N–H and O–H groups in total. The molecule has 0 bridgehead atoms. The van der Waals surface area contributed by atoms with Gasteiger partial charge in [0.25, 0.3) is 0 Å². The SMILES string of the molecule is O=C(CNC[C@@H]1CCCN1c1cccnn1)Nc1ccc(Cl)cn1. The second-order valence-corrected chi connectivity index (χ2v) is 6.05. The highest BCUT2D eigenvalue weighted by Gasteiger charge is 2.25. The van der Waals surface area contributed by atoms with Crippen molar-refractivity contribution in [1.82, 2.24) is 20.5 Å². The van der Waals surface area contributed by atoms with Gasteiger partial charge in [0.05, 0.1) is 11.6 Å². The van der Waals surface area contributed by atoms with Gasteiger partial charge in [-0.05, 0) is 37.1 Å². The fourth-order valence-corrected chi connectivity index (χ4v) is 2.90. The van der Waals surface area contributed by atoms with E-state index in [2.05, 4.69) is 30.7 Å². The Hall–Kier alpha value is -2.25. The summed E-state index contributed by atoms with van der Waals surface area (Å²) in [6.07, 6.45) is 5.36. The molecule has 3 rings (SSSR count). The minimum atomic E-state index is -0.131. The molecule has 0 spiro atoms. The van der Waals surface area contributed by atoms with Crippen LogP contribution in [-0.2, 0) is 4.79 Å². The highest BCUT2D eigenvalue weighted by molar-refractivity contribution is 6.30. The van der Waals surface area contributed by atoms with E-state index in [4.69, 9.17) is 11.6 Å². The lowest BCUT2D eigenvalue weighted by atomic mass is 10.2. The van der Waals surface area contributed by atoms with Crippen molar-refractivity contribution in [3.8, 4) is 0 Å². The fraction of sp³-hybridized carbons (Fsp3) is 0.375. The maximum absolute atomic E-state index is 11.9. The summed E-state index contributed by atoms with van der Waals surface area (Å²) < 4.78 is 0. The molecule has 1 aliphatic heterocycles. The molecule has 1 atom stereocenters. The molecule has 0 aromatic carbocycles. The summed E-state index contributed by atoms with van der Waals surface area (Å²) >= 11 is 5.77. The van der Waals surface area contributed by atoms with E-state index in [1.165, 1.54) is 6.20 Å². The standard InChI is InChI=1S/C16H19ClN6O/c17-12-5-6-14(19-9-12)21-16(24)11-18-10-13-3-2-8-23(13)15-4-1-7-20-22-15/h1,4-7,9,13,18H,2-3,8,10-11H2,(H,19,21,24)/t13-/m0/s1. The smallest absolute Gasteiger partial charge is 0.239 e. The van der Waals surface area contributed by atoms with Gasteiger partial charge >= 0.3 is 0 Å².